The summed E-state index contributed by atoms with van der Waals surface area (Å²) in [6.07, 6.45) is 1.81. The Morgan fingerprint density at radius 1 is 1.10 bits per heavy atom. The Balaban J connectivity index is 1.52. The first kappa shape index (κ1) is 13.1. The molecule has 20 heavy (non-hydrogen) atoms. The molecule has 5 heteroatoms. The molecule has 2 aliphatic rings. The highest BCUT2D eigenvalue weighted by atomic mass is 16.2. The summed E-state index contributed by atoms with van der Waals surface area (Å²) < 4.78 is 0. The minimum absolute atomic E-state index is 0.147. The van der Waals surface area contributed by atoms with Crippen LogP contribution in [0, 0.1) is 6.54 Å². The smallest absolute Gasteiger partial charge is 0.307 e. The van der Waals surface area contributed by atoms with Gasteiger partial charge in [-0.25, -0.2) is 4.79 Å². The predicted octanol–water partition coefficient (Wildman–Crippen LogP) is 1.36. The van der Waals surface area contributed by atoms with Crippen LogP contribution in [0.3, 0.4) is 0 Å². The lowest BCUT2D eigenvalue weighted by molar-refractivity contribution is -0.116. The fourth-order valence-corrected chi connectivity index (χ4v) is 2.86. The van der Waals surface area contributed by atoms with Crippen molar-refractivity contribution in [3.05, 3.63) is 42.4 Å². The van der Waals surface area contributed by atoms with E-state index in [-0.39, 0.29) is 18.0 Å². The van der Waals surface area contributed by atoms with Gasteiger partial charge in [0.1, 0.15) is 6.54 Å². The minimum atomic E-state index is -0.304. The highest BCUT2D eigenvalue weighted by Gasteiger charge is 2.34. The zero-order valence-corrected chi connectivity index (χ0v) is 11.3. The Kier molecular flexibility index (Phi) is 3.69. The van der Waals surface area contributed by atoms with Gasteiger partial charge in [0.25, 0.3) is 5.91 Å². The van der Waals surface area contributed by atoms with E-state index in [0.717, 1.165) is 32.5 Å². The van der Waals surface area contributed by atoms with Crippen LogP contribution >= 0.6 is 0 Å². The van der Waals surface area contributed by atoms with Crippen molar-refractivity contribution in [3.63, 3.8) is 0 Å². The second kappa shape index (κ2) is 5.63. The second-order valence-electron chi connectivity index (χ2n) is 5.32. The topological polar surface area (TPSA) is 52.7 Å². The van der Waals surface area contributed by atoms with Gasteiger partial charge in [0.05, 0.1) is 0 Å². The molecule has 1 N–H and O–H groups in total. The van der Waals surface area contributed by atoms with E-state index in [9.17, 15) is 9.59 Å². The van der Waals surface area contributed by atoms with Gasteiger partial charge < -0.3 is 4.90 Å². The summed E-state index contributed by atoms with van der Waals surface area (Å²) in [7, 11) is 0. The molecule has 2 aliphatic heterocycles. The Bertz CT molecular complexity index is 495. The average molecular weight is 272 g/mol. The molecule has 0 unspecified atom stereocenters. The van der Waals surface area contributed by atoms with Gasteiger partial charge in [-0.3, -0.25) is 15.0 Å². The zero-order valence-electron chi connectivity index (χ0n) is 11.3. The van der Waals surface area contributed by atoms with Gasteiger partial charge >= 0.3 is 6.03 Å². The molecular weight excluding hydrogens is 254 g/mol. The minimum Gasteiger partial charge on any atom is -0.307 e. The number of nitrogens with zero attached hydrogens (tertiary/aromatic N) is 2. The molecule has 0 saturated carbocycles. The third-order valence-corrected chi connectivity index (χ3v) is 3.92. The van der Waals surface area contributed by atoms with Crippen LogP contribution in [0.15, 0.2) is 30.3 Å². The van der Waals surface area contributed by atoms with Crippen LogP contribution in [0.5, 0.6) is 0 Å². The Hall–Kier alpha value is -1.88. The van der Waals surface area contributed by atoms with Crippen molar-refractivity contribution < 1.29 is 9.59 Å². The molecule has 0 atom stereocenters. The van der Waals surface area contributed by atoms with Gasteiger partial charge in [0, 0.05) is 25.7 Å². The maximum atomic E-state index is 11.6. The SMILES string of the molecule is O=C1[CH]N(C2CCN(Cc3ccccc3)CC2)C(=O)N1. The summed E-state index contributed by atoms with van der Waals surface area (Å²) in [4.78, 5) is 26.7. The first-order valence-corrected chi connectivity index (χ1v) is 6.97. The van der Waals surface area contributed by atoms with Gasteiger partial charge in [-0.2, -0.15) is 0 Å². The van der Waals surface area contributed by atoms with Crippen LogP contribution in [-0.2, 0) is 11.3 Å². The molecule has 0 aliphatic carbocycles. The van der Waals surface area contributed by atoms with Crippen molar-refractivity contribution in [1.29, 1.82) is 0 Å². The number of amides is 3. The number of urea groups is 1. The van der Waals surface area contributed by atoms with Crippen LogP contribution in [0.25, 0.3) is 0 Å². The van der Waals surface area contributed by atoms with Gasteiger partial charge in [0.2, 0.25) is 0 Å². The number of carbonyl (C=O) groups excluding carboxylic acids is 2. The van der Waals surface area contributed by atoms with E-state index in [2.05, 4.69) is 34.5 Å². The van der Waals surface area contributed by atoms with Crippen LogP contribution in [0.4, 0.5) is 4.79 Å². The summed E-state index contributed by atoms with van der Waals surface area (Å²) in [5.74, 6) is -0.304. The fraction of sp³-hybridized carbons (Fsp3) is 0.400. The van der Waals surface area contributed by atoms with Gasteiger partial charge in [-0.1, -0.05) is 30.3 Å². The number of hydrogen-bond donors (Lipinski definition) is 1. The van der Waals surface area contributed by atoms with E-state index in [1.807, 2.05) is 6.07 Å². The standard InChI is InChI=1S/C15H18N3O2/c19-14-11-18(15(20)16-14)13-6-8-17(9-7-13)10-12-4-2-1-3-5-12/h1-5,11,13H,6-10H2,(H,16,19,20). The van der Waals surface area contributed by atoms with Crippen molar-refractivity contribution in [1.82, 2.24) is 15.1 Å². The lowest BCUT2D eigenvalue weighted by Crippen LogP contribution is -2.44. The first-order valence-electron chi connectivity index (χ1n) is 6.97. The largest absolute Gasteiger partial charge is 0.325 e. The van der Waals surface area contributed by atoms with Gasteiger partial charge in [-0.05, 0) is 18.4 Å². The average Bonchev–Trinajstić information content (AvgIpc) is 2.80. The van der Waals surface area contributed by atoms with Crippen LogP contribution in [0.1, 0.15) is 18.4 Å². The van der Waals surface area contributed by atoms with E-state index in [0.29, 0.717) is 0 Å². The monoisotopic (exact) mass is 272 g/mol. The number of rotatable bonds is 3. The summed E-state index contributed by atoms with van der Waals surface area (Å²) in [5.41, 5.74) is 1.31. The molecule has 3 rings (SSSR count). The quantitative estimate of drug-likeness (QED) is 0.845. The molecule has 0 spiro atoms. The number of nitrogens with one attached hydrogen (secondary N) is 1. The molecule has 2 heterocycles. The van der Waals surface area contributed by atoms with E-state index < -0.39 is 0 Å². The third kappa shape index (κ3) is 2.82. The zero-order chi connectivity index (χ0) is 13.9. The predicted molar refractivity (Wildman–Crippen MR) is 74.4 cm³/mol. The summed E-state index contributed by atoms with van der Waals surface area (Å²) in [5, 5.41) is 2.29. The maximum absolute atomic E-state index is 11.6. The van der Waals surface area contributed by atoms with Crippen LogP contribution in [0.2, 0.25) is 0 Å². The lowest BCUT2D eigenvalue weighted by atomic mass is 10.0. The lowest BCUT2D eigenvalue weighted by Gasteiger charge is -2.35. The molecule has 3 amide bonds. The number of piperidine rings is 1. The van der Waals surface area contributed by atoms with Crippen molar-refractivity contribution in [2.75, 3.05) is 13.1 Å². The molecular formula is C15H18N3O2. The Morgan fingerprint density at radius 3 is 2.40 bits per heavy atom. The number of likely N-dealkylation sites (tertiary alicyclic amines) is 1. The molecule has 1 radical (unpaired) electrons. The molecule has 0 bridgehead atoms. The second-order valence-corrected chi connectivity index (χ2v) is 5.32. The van der Waals surface area contributed by atoms with Crippen molar-refractivity contribution in [3.8, 4) is 0 Å². The van der Waals surface area contributed by atoms with Gasteiger partial charge in [0.15, 0.2) is 0 Å². The summed E-state index contributed by atoms with van der Waals surface area (Å²) in [6, 6.07) is 10.3. The van der Waals surface area contributed by atoms with E-state index in [1.165, 1.54) is 12.1 Å². The van der Waals surface area contributed by atoms with Crippen molar-refractivity contribution >= 4 is 11.9 Å². The number of benzene rings is 1. The summed E-state index contributed by atoms with van der Waals surface area (Å²) >= 11 is 0. The third-order valence-electron chi connectivity index (χ3n) is 3.92. The summed E-state index contributed by atoms with van der Waals surface area (Å²) in [6.45, 7) is 4.24. The normalized spacial score (nSPS) is 21.3. The maximum Gasteiger partial charge on any atom is 0.325 e. The van der Waals surface area contributed by atoms with E-state index >= 15 is 0 Å². The van der Waals surface area contributed by atoms with Crippen LogP contribution in [-0.4, -0.2) is 40.9 Å². The molecule has 0 aromatic heterocycles. The van der Waals surface area contributed by atoms with Crippen molar-refractivity contribution in [2.24, 2.45) is 0 Å². The fourth-order valence-electron chi connectivity index (χ4n) is 2.86. The molecule has 1 aromatic rings. The number of imide groups is 1. The number of hydrogen-bond acceptors (Lipinski definition) is 3. The van der Waals surface area contributed by atoms with Gasteiger partial charge in [-0.15, -0.1) is 0 Å². The molecule has 5 nitrogen and oxygen atoms in total. The molecule has 2 saturated heterocycles. The Morgan fingerprint density at radius 2 is 1.80 bits per heavy atom. The van der Waals surface area contributed by atoms with E-state index in [1.54, 1.807) is 4.90 Å². The molecule has 105 valence electrons. The van der Waals surface area contributed by atoms with Crippen LogP contribution < -0.4 is 5.32 Å². The molecule has 2 fully saturated rings. The Labute approximate surface area is 118 Å². The number of carbonyl (C=O) groups is 2. The van der Waals surface area contributed by atoms with E-state index in [4.69, 9.17) is 0 Å². The van der Waals surface area contributed by atoms with Crippen molar-refractivity contribution in [2.45, 2.75) is 25.4 Å². The highest BCUT2D eigenvalue weighted by Crippen LogP contribution is 2.21. The highest BCUT2D eigenvalue weighted by molar-refractivity contribution is 6.06. The molecule has 1 aromatic carbocycles. The first-order chi connectivity index (χ1) is 9.72.